The fourth-order valence-corrected chi connectivity index (χ4v) is 1.72. The Hall–Kier alpha value is -2.30. The summed E-state index contributed by atoms with van der Waals surface area (Å²) in [5.41, 5.74) is 6.01. The zero-order chi connectivity index (χ0) is 11.7. The second kappa shape index (κ2) is 3.69. The minimum Gasteiger partial charge on any atom is -0.478 e. The van der Waals surface area contributed by atoms with Gasteiger partial charge >= 0.3 is 5.97 Å². The molecular weight excluding hydrogens is 208 g/mol. The zero-order valence-corrected chi connectivity index (χ0v) is 8.38. The Morgan fingerprint density at radius 3 is 2.69 bits per heavy atom. The van der Waals surface area contributed by atoms with E-state index in [4.69, 9.17) is 10.8 Å². The van der Waals surface area contributed by atoms with Crippen LogP contribution in [-0.4, -0.2) is 21.6 Å². The Morgan fingerprint density at radius 2 is 2.06 bits per heavy atom. The van der Waals surface area contributed by atoms with Gasteiger partial charge in [0, 0.05) is 17.1 Å². The van der Waals surface area contributed by atoms with Crippen molar-refractivity contribution >= 4 is 22.8 Å². The summed E-state index contributed by atoms with van der Waals surface area (Å²) in [5, 5.41) is 9.58. The molecule has 2 rings (SSSR count). The Kier molecular flexibility index (Phi) is 2.36. The zero-order valence-electron chi connectivity index (χ0n) is 8.38. The number of benzene rings is 1. The number of rotatable bonds is 3. The van der Waals surface area contributed by atoms with Crippen LogP contribution in [0.15, 0.2) is 30.5 Å². The minimum absolute atomic E-state index is 0.0482. The van der Waals surface area contributed by atoms with Crippen molar-refractivity contribution in [1.82, 2.24) is 4.57 Å². The molecule has 1 aromatic heterocycles. The Balaban J connectivity index is 2.61. The van der Waals surface area contributed by atoms with Gasteiger partial charge < -0.3 is 15.4 Å². The molecule has 5 nitrogen and oxygen atoms in total. The lowest BCUT2D eigenvalue weighted by atomic mass is 10.1. The smallest absolute Gasteiger partial charge is 0.336 e. The van der Waals surface area contributed by atoms with Gasteiger partial charge in [0.1, 0.15) is 6.54 Å². The molecule has 1 amide bonds. The van der Waals surface area contributed by atoms with Crippen molar-refractivity contribution in [3.8, 4) is 0 Å². The molecule has 0 aliphatic heterocycles. The lowest BCUT2D eigenvalue weighted by Gasteiger charge is -2.02. The van der Waals surface area contributed by atoms with Crippen molar-refractivity contribution < 1.29 is 14.7 Å². The number of fused-ring (bicyclic) bond motifs is 1. The standard InChI is InChI=1S/C11H10N2O3/c12-10(14)6-13-5-4-7-8(11(15)16)2-1-3-9(7)13/h1-5H,6H2,(H2,12,14)(H,15,16). The first-order valence-corrected chi connectivity index (χ1v) is 4.69. The summed E-state index contributed by atoms with van der Waals surface area (Å²) in [6, 6.07) is 6.59. The number of hydrogen-bond donors (Lipinski definition) is 2. The molecular formula is C11H10N2O3. The third kappa shape index (κ3) is 1.63. The number of amides is 1. The largest absolute Gasteiger partial charge is 0.478 e. The van der Waals surface area contributed by atoms with Crippen LogP contribution < -0.4 is 5.73 Å². The Bertz CT molecular complexity index is 572. The molecule has 0 spiro atoms. The third-order valence-electron chi connectivity index (χ3n) is 2.37. The average molecular weight is 218 g/mol. The normalized spacial score (nSPS) is 10.5. The molecule has 0 saturated carbocycles. The number of carbonyl (C=O) groups excluding carboxylic acids is 1. The molecule has 0 atom stereocenters. The maximum absolute atomic E-state index is 10.9. The molecule has 1 aromatic carbocycles. The fourth-order valence-electron chi connectivity index (χ4n) is 1.72. The topological polar surface area (TPSA) is 85.3 Å². The van der Waals surface area contributed by atoms with Gasteiger partial charge in [-0.25, -0.2) is 4.79 Å². The van der Waals surface area contributed by atoms with Crippen LogP contribution in [0.2, 0.25) is 0 Å². The van der Waals surface area contributed by atoms with E-state index in [1.54, 1.807) is 29.0 Å². The molecule has 82 valence electrons. The first-order chi connectivity index (χ1) is 7.59. The van der Waals surface area contributed by atoms with Crippen LogP contribution in [0.4, 0.5) is 0 Å². The number of aromatic carboxylic acids is 1. The van der Waals surface area contributed by atoms with Crippen LogP contribution in [0.25, 0.3) is 10.9 Å². The second-order valence-electron chi connectivity index (χ2n) is 3.45. The lowest BCUT2D eigenvalue weighted by molar-refractivity contribution is -0.118. The van der Waals surface area contributed by atoms with Crippen LogP contribution >= 0.6 is 0 Å². The van der Waals surface area contributed by atoms with E-state index in [1.807, 2.05) is 0 Å². The number of hydrogen-bond acceptors (Lipinski definition) is 2. The quantitative estimate of drug-likeness (QED) is 0.799. The van der Waals surface area contributed by atoms with E-state index < -0.39 is 11.9 Å². The van der Waals surface area contributed by atoms with Gasteiger partial charge in [0.15, 0.2) is 0 Å². The molecule has 5 heteroatoms. The summed E-state index contributed by atoms with van der Waals surface area (Å²) in [4.78, 5) is 21.8. The Morgan fingerprint density at radius 1 is 1.31 bits per heavy atom. The van der Waals surface area contributed by atoms with Crippen molar-refractivity contribution in [3.05, 3.63) is 36.0 Å². The van der Waals surface area contributed by atoms with Crippen molar-refractivity contribution in [2.45, 2.75) is 6.54 Å². The summed E-state index contributed by atoms with van der Waals surface area (Å²) in [6.45, 7) is 0.0482. The molecule has 0 radical (unpaired) electrons. The number of aromatic nitrogens is 1. The SMILES string of the molecule is NC(=O)Cn1ccc2c(C(=O)O)cccc21. The van der Waals surface area contributed by atoms with Crippen LogP contribution in [0, 0.1) is 0 Å². The van der Waals surface area contributed by atoms with Gasteiger partial charge in [-0.15, -0.1) is 0 Å². The number of nitrogens with zero attached hydrogens (tertiary/aromatic N) is 1. The molecule has 0 unspecified atom stereocenters. The average Bonchev–Trinajstić information content (AvgIpc) is 2.60. The van der Waals surface area contributed by atoms with E-state index in [0.717, 1.165) is 0 Å². The molecule has 2 aromatic rings. The number of primary amides is 1. The molecule has 0 bridgehead atoms. The van der Waals surface area contributed by atoms with Crippen molar-refractivity contribution in [3.63, 3.8) is 0 Å². The van der Waals surface area contributed by atoms with Crippen LogP contribution in [0.5, 0.6) is 0 Å². The molecule has 0 aliphatic rings. The van der Waals surface area contributed by atoms with Crippen LogP contribution in [0.1, 0.15) is 10.4 Å². The molecule has 16 heavy (non-hydrogen) atoms. The molecule has 1 heterocycles. The highest BCUT2D eigenvalue weighted by atomic mass is 16.4. The van der Waals surface area contributed by atoms with E-state index in [2.05, 4.69) is 0 Å². The molecule has 0 fully saturated rings. The van der Waals surface area contributed by atoms with E-state index in [1.165, 1.54) is 6.07 Å². The Labute approximate surface area is 91.1 Å². The molecule has 0 aliphatic carbocycles. The molecule has 3 N–H and O–H groups in total. The maximum atomic E-state index is 10.9. The summed E-state index contributed by atoms with van der Waals surface area (Å²) in [7, 11) is 0. The highest BCUT2D eigenvalue weighted by Gasteiger charge is 2.11. The minimum atomic E-state index is -0.984. The van der Waals surface area contributed by atoms with E-state index in [-0.39, 0.29) is 12.1 Å². The third-order valence-corrected chi connectivity index (χ3v) is 2.37. The second-order valence-corrected chi connectivity index (χ2v) is 3.45. The van der Waals surface area contributed by atoms with Gasteiger partial charge in [0.05, 0.1) is 5.56 Å². The van der Waals surface area contributed by atoms with Crippen molar-refractivity contribution in [2.24, 2.45) is 5.73 Å². The summed E-state index contributed by atoms with van der Waals surface area (Å²) >= 11 is 0. The summed E-state index contributed by atoms with van der Waals surface area (Å²) in [5.74, 6) is -1.44. The highest BCUT2D eigenvalue weighted by molar-refractivity contribution is 6.03. The fraction of sp³-hybridized carbons (Fsp3) is 0.0909. The predicted molar refractivity (Wildman–Crippen MR) is 58.1 cm³/mol. The maximum Gasteiger partial charge on any atom is 0.336 e. The summed E-state index contributed by atoms with van der Waals surface area (Å²) in [6.07, 6.45) is 1.65. The van der Waals surface area contributed by atoms with Crippen LogP contribution in [0.3, 0.4) is 0 Å². The van der Waals surface area contributed by atoms with Crippen LogP contribution in [-0.2, 0) is 11.3 Å². The van der Waals surface area contributed by atoms with E-state index in [9.17, 15) is 9.59 Å². The highest BCUT2D eigenvalue weighted by Crippen LogP contribution is 2.20. The summed E-state index contributed by atoms with van der Waals surface area (Å²) < 4.78 is 1.63. The monoisotopic (exact) mass is 218 g/mol. The van der Waals surface area contributed by atoms with E-state index in [0.29, 0.717) is 10.9 Å². The van der Waals surface area contributed by atoms with E-state index >= 15 is 0 Å². The van der Waals surface area contributed by atoms with Crippen molar-refractivity contribution in [2.75, 3.05) is 0 Å². The first-order valence-electron chi connectivity index (χ1n) is 4.69. The first kappa shape index (κ1) is 10.2. The number of carbonyl (C=O) groups is 2. The predicted octanol–water partition coefficient (Wildman–Crippen LogP) is 0.825. The number of nitrogens with two attached hydrogens (primary N) is 1. The van der Waals surface area contributed by atoms with Gasteiger partial charge in [-0.3, -0.25) is 4.79 Å². The van der Waals surface area contributed by atoms with Gasteiger partial charge in [-0.1, -0.05) is 6.07 Å². The van der Waals surface area contributed by atoms with Gasteiger partial charge in [0.2, 0.25) is 5.91 Å². The van der Waals surface area contributed by atoms with Gasteiger partial charge in [-0.05, 0) is 18.2 Å². The lowest BCUT2D eigenvalue weighted by Crippen LogP contribution is -2.17. The molecule has 0 saturated heterocycles. The van der Waals surface area contributed by atoms with Gasteiger partial charge in [-0.2, -0.15) is 0 Å². The number of carboxylic acid groups (broad SMARTS) is 1. The van der Waals surface area contributed by atoms with Gasteiger partial charge in [0.25, 0.3) is 0 Å². The van der Waals surface area contributed by atoms with Crippen molar-refractivity contribution in [1.29, 1.82) is 0 Å². The number of carboxylic acids is 1.